The van der Waals surface area contributed by atoms with Crippen molar-refractivity contribution >= 4 is 35.5 Å². The van der Waals surface area contributed by atoms with Crippen molar-refractivity contribution in [2.24, 2.45) is 0 Å². The summed E-state index contributed by atoms with van der Waals surface area (Å²) in [6.07, 6.45) is 5.69. The van der Waals surface area contributed by atoms with Gasteiger partial charge in [-0.05, 0) is 41.2 Å². The van der Waals surface area contributed by atoms with Gasteiger partial charge >= 0.3 is 0 Å². The minimum atomic E-state index is 0.167. The molecule has 1 amide bonds. The maximum atomic E-state index is 12.9. The molecule has 0 aliphatic carbocycles. The summed E-state index contributed by atoms with van der Waals surface area (Å²) in [5, 5.41) is 0. The van der Waals surface area contributed by atoms with E-state index in [2.05, 4.69) is 53.5 Å². The molecule has 0 bridgehead atoms. The second-order valence-corrected chi connectivity index (χ2v) is 10.2. The third kappa shape index (κ3) is 5.68. The quantitative estimate of drug-likeness (QED) is 0.672. The summed E-state index contributed by atoms with van der Waals surface area (Å²) in [4.78, 5) is 17.3. The van der Waals surface area contributed by atoms with Crippen LogP contribution in [0.25, 0.3) is 6.08 Å². The maximum Gasteiger partial charge on any atom is 0.253 e. The highest BCUT2D eigenvalue weighted by Gasteiger charge is 2.22. The summed E-state index contributed by atoms with van der Waals surface area (Å²) in [5.74, 6) is 2.65. The lowest BCUT2D eigenvalue weighted by Crippen LogP contribution is -2.48. The number of carbonyl (C=O) groups excluding carboxylic acids is 1. The highest BCUT2D eigenvalue weighted by atomic mass is 32.2. The molecule has 0 radical (unpaired) electrons. The zero-order chi connectivity index (χ0) is 19.9. The first-order chi connectivity index (χ1) is 14.3. The van der Waals surface area contributed by atoms with Crippen molar-refractivity contribution in [3.63, 3.8) is 0 Å². The van der Waals surface area contributed by atoms with E-state index in [1.165, 1.54) is 29.1 Å². The molecule has 2 aliphatic rings. The van der Waals surface area contributed by atoms with E-state index in [0.717, 1.165) is 38.3 Å². The first-order valence-corrected chi connectivity index (χ1v) is 12.5. The molecule has 2 aromatic carbocycles. The molecule has 3 nitrogen and oxygen atoms in total. The van der Waals surface area contributed by atoms with Gasteiger partial charge in [-0.3, -0.25) is 9.69 Å². The number of hydrogen-bond acceptors (Lipinski definition) is 4. The number of carbonyl (C=O) groups is 1. The number of piperazine rings is 1. The van der Waals surface area contributed by atoms with E-state index in [9.17, 15) is 4.79 Å². The molecular formula is C24H28N2OS2. The van der Waals surface area contributed by atoms with E-state index < -0.39 is 0 Å². The number of rotatable bonds is 5. The summed E-state index contributed by atoms with van der Waals surface area (Å²) in [5.41, 5.74) is 3.39. The molecule has 2 fully saturated rings. The van der Waals surface area contributed by atoms with Crippen LogP contribution in [-0.2, 0) is 0 Å². The predicted molar refractivity (Wildman–Crippen MR) is 127 cm³/mol. The molecule has 0 saturated carbocycles. The highest BCUT2D eigenvalue weighted by molar-refractivity contribution is 8.16. The van der Waals surface area contributed by atoms with Crippen LogP contribution in [-0.4, -0.2) is 59.9 Å². The molecule has 2 heterocycles. The highest BCUT2D eigenvalue weighted by Crippen LogP contribution is 2.43. The Hall–Kier alpha value is -1.69. The summed E-state index contributed by atoms with van der Waals surface area (Å²) in [7, 11) is 0. The third-order valence-corrected chi connectivity index (χ3v) is 8.40. The Balaban J connectivity index is 1.26. The Morgan fingerprint density at radius 2 is 1.62 bits per heavy atom. The largest absolute Gasteiger partial charge is 0.336 e. The second-order valence-electron chi connectivity index (χ2n) is 7.45. The van der Waals surface area contributed by atoms with Gasteiger partial charge in [0.2, 0.25) is 0 Å². The lowest BCUT2D eigenvalue weighted by atomic mass is 10.1. The van der Waals surface area contributed by atoms with E-state index in [0.29, 0.717) is 4.58 Å². The standard InChI is InChI=1S/C24H28N2OS2/c27-23(21-9-11-22(12-10-21)24-28-18-5-19-29-24)26-16-14-25(15-17-26)13-4-8-20-6-2-1-3-7-20/h1-4,6-12,24H,5,13-19H2/b8-4+. The van der Waals surface area contributed by atoms with Crippen LogP contribution in [0.5, 0.6) is 0 Å². The average Bonchev–Trinajstić information content (AvgIpc) is 2.80. The van der Waals surface area contributed by atoms with Crippen molar-refractivity contribution < 1.29 is 4.79 Å². The van der Waals surface area contributed by atoms with Gasteiger partial charge in [0, 0.05) is 38.3 Å². The maximum absolute atomic E-state index is 12.9. The van der Waals surface area contributed by atoms with Gasteiger partial charge in [-0.25, -0.2) is 0 Å². The van der Waals surface area contributed by atoms with Gasteiger partial charge in [-0.1, -0.05) is 54.6 Å². The molecule has 4 rings (SSSR count). The van der Waals surface area contributed by atoms with Crippen LogP contribution < -0.4 is 0 Å². The number of amides is 1. The Morgan fingerprint density at radius 1 is 0.931 bits per heavy atom. The number of hydrogen-bond donors (Lipinski definition) is 0. The Morgan fingerprint density at radius 3 is 2.31 bits per heavy atom. The topological polar surface area (TPSA) is 23.6 Å². The van der Waals surface area contributed by atoms with E-state index >= 15 is 0 Å². The molecule has 2 saturated heterocycles. The summed E-state index contributed by atoms with van der Waals surface area (Å²) in [6, 6.07) is 18.7. The van der Waals surface area contributed by atoms with Crippen molar-refractivity contribution in [1.29, 1.82) is 0 Å². The first kappa shape index (κ1) is 20.6. The third-order valence-electron chi connectivity index (χ3n) is 5.39. The van der Waals surface area contributed by atoms with Crippen LogP contribution in [0.3, 0.4) is 0 Å². The first-order valence-electron chi connectivity index (χ1n) is 10.4. The van der Waals surface area contributed by atoms with Gasteiger partial charge in [0.05, 0.1) is 4.58 Å². The van der Waals surface area contributed by atoms with E-state index in [4.69, 9.17) is 0 Å². The molecule has 0 N–H and O–H groups in total. The fourth-order valence-electron chi connectivity index (χ4n) is 3.68. The molecule has 2 aromatic rings. The van der Waals surface area contributed by atoms with Gasteiger partial charge in [-0.15, -0.1) is 23.5 Å². The Kier molecular flexibility index (Phi) is 7.36. The monoisotopic (exact) mass is 424 g/mol. The van der Waals surface area contributed by atoms with Crippen molar-refractivity contribution in [3.8, 4) is 0 Å². The lowest BCUT2D eigenvalue weighted by molar-refractivity contribution is 0.0650. The summed E-state index contributed by atoms with van der Waals surface area (Å²) < 4.78 is 0.528. The summed E-state index contributed by atoms with van der Waals surface area (Å²) >= 11 is 4.04. The van der Waals surface area contributed by atoms with Gasteiger partial charge in [0.1, 0.15) is 0 Å². The smallest absolute Gasteiger partial charge is 0.253 e. The van der Waals surface area contributed by atoms with Crippen LogP contribution in [0, 0.1) is 0 Å². The predicted octanol–water partition coefficient (Wildman–Crippen LogP) is 5.03. The number of benzene rings is 2. The van der Waals surface area contributed by atoms with Crippen molar-refractivity contribution in [2.75, 3.05) is 44.2 Å². The second kappa shape index (κ2) is 10.4. The normalized spacial score (nSPS) is 19.0. The SMILES string of the molecule is O=C(c1ccc(C2SCCCS2)cc1)N1CCN(C/C=C/c2ccccc2)CC1. The van der Waals surface area contributed by atoms with Crippen LogP contribution in [0.15, 0.2) is 60.7 Å². The average molecular weight is 425 g/mol. The molecular weight excluding hydrogens is 396 g/mol. The molecule has 2 aliphatic heterocycles. The molecule has 29 heavy (non-hydrogen) atoms. The van der Waals surface area contributed by atoms with Crippen LogP contribution >= 0.6 is 23.5 Å². The van der Waals surface area contributed by atoms with Gasteiger partial charge in [-0.2, -0.15) is 0 Å². The zero-order valence-corrected chi connectivity index (χ0v) is 18.3. The Bertz CT molecular complexity index is 809. The zero-order valence-electron chi connectivity index (χ0n) is 16.7. The van der Waals surface area contributed by atoms with Gasteiger partial charge < -0.3 is 4.90 Å². The molecule has 0 atom stereocenters. The minimum absolute atomic E-state index is 0.167. The van der Waals surface area contributed by atoms with Gasteiger partial charge in [0.15, 0.2) is 0 Å². The lowest BCUT2D eigenvalue weighted by Gasteiger charge is -2.34. The van der Waals surface area contributed by atoms with Crippen molar-refractivity contribution in [3.05, 3.63) is 77.4 Å². The van der Waals surface area contributed by atoms with Crippen molar-refractivity contribution in [1.82, 2.24) is 9.80 Å². The van der Waals surface area contributed by atoms with Crippen LogP contribution in [0.1, 0.15) is 32.5 Å². The molecule has 0 spiro atoms. The van der Waals surface area contributed by atoms with E-state index in [1.54, 1.807) is 0 Å². The van der Waals surface area contributed by atoms with Gasteiger partial charge in [0.25, 0.3) is 5.91 Å². The van der Waals surface area contributed by atoms with E-state index in [-0.39, 0.29) is 5.91 Å². The van der Waals surface area contributed by atoms with Crippen molar-refractivity contribution in [2.45, 2.75) is 11.0 Å². The molecule has 152 valence electrons. The van der Waals surface area contributed by atoms with Crippen LogP contribution in [0.2, 0.25) is 0 Å². The number of thioether (sulfide) groups is 2. The number of nitrogens with zero attached hydrogens (tertiary/aromatic N) is 2. The van der Waals surface area contributed by atoms with Crippen LogP contribution in [0.4, 0.5) is 0 Å². The fraction of sp³-hybridized carbons (Fsp3) is 0.375. The fourth-order valence-corrected chi connectivity index (χ4v) is 6.58. The molecule has 0 unspecified atom stereocenters. The summed E-state index contributed by atoms with van der Waals surface area (Å²) in [6.45, 7) is 4.39. The Labute approximate surface area is 182 Å². The molecule has 5 heteroatoms. The molecule has 0 aromatic heterocycles. The van der Waals surface area contributed by atoms with E-state index in [1.807, 2.05) is 46.6 Å². The minimum Gasteiger partial charge on any atom is -0.336 e.